The lowest BCUT2D eigenvalue weighted by molar-refractivity contribution is -0.890. The lowest BCUT2D eigenvalue weighted by Gasteiger charge is -2.26. The van der Waals surface area contributed by atoms with Gasteiger partial charge in [0.1, 0.15) is 6.67 Å². The van der Waals surface area contributed by atoms with Gasteiger partial charge in [-0.05, 0) is 12.5 Å². The van der Waals surface area contributed by atoms with Crippen molar-refractivity contribution in [3.05, 3.63) is 12.7 Å². The number of nitrogens with zero attached hydrogens (tertiary/aromatic N) is 1. The van der Waals surface area contributed by atoms with E-state index < -0.39 is 5.91 Å². The van der Waals surface area contributed by atoms with E-state index in [0.29, 0.717) is 0 Å². The van der Waals surface area contributed by atoms with E-state index in [0.717, 1.165) is 17.2 Å². The van der Waals surface area contributed by atoms with Crippen molar-refractivity contribution in [2.24, 2.45) is 11.5 Å². The zero-order chi connectivity index (χ0) is 10.9. The van der Waals surface area contributed by atoms with Gasteiger partial charge in [-0.1, -0.05) is 13.5 Å². The number of carbonyl (C=O) groups is 1. The van der Waals surface area contributed by atoms with Gasteiger partial charge in [0, 0.05) is 0 Å². The number of hydrogen-bond donors (Lipinski definition) is 2. The fourth-order valence-corrected chi connectivity index (χ4v) is 0.697. The van der Waals surface area contributed by atoms with Crippen LogP contribution in [0.1, 0.15) is 13.3 Å². The minimum atomic E-state index is -0.481. The molecule has 5 heteroatoms. The largest absolute Gasteiger partial charge is 1.00 e. The molecule has 0 unspecified atom stereocenters. The maximum atomic E-state index is 9.47. The van der Waals surface area contributed by atoms with Gasteiger partial charge in [-0.25, -0.2) is 0 Å². The van der Waals surface area contributed by atoms with Crippen LogP contribution in [-0.2, 0) is 4.79 Å². The molecule has 0 aromatic rings. The minimum Gasteiger partial charge on any atom is -1.00 e. The molecule has 0 atom stereocenters. The van der Waals surface area contributed by atoms with E-state index in [1.54, 1.807) is 0 Å². The molecule has 4 nitrogen and oxygen atoms in total. The van der Waals surface area contributed by atoms with Crippen LogP contribution in [0.25, 0.3) is 0 Å². The number of primary amides is 1. The Morgan fingerprint density at radius 1 is 1.50 bits per heavy atom. The van der Waals surface area contributed by atoms with E-state index >= 15 is 0 Å². The molecule has 0 aromatic carbocycles. The van der Waals surface area contributed by atoms with Gasteiger partial charge in [0.25, 0.3) is 0 Å². The van der Waals surface area contributed by atoms with Gasteiger partial charge in [0.2, 0.25) is 5.91 Å². The molecule has 0 heterocycles. The second-order valence-electron chi connectivity index (χ2n) is 3.45. The van der Waals surface area contributed by atoms with Crippen molar-refractivity contribution in [2.75, 3.05) is 27.3 Å². The maximum Gasteiger partial charge on any atom is 0.240 e. The van der Waals surface area contributed by atoms with Gasteiger partial charge in [0.05, 0.1) is 20.6 Å². The molecular formula is C9H22ClN3O. The van der Waals surface area contributed by atoms with Crippen LogP contribution in [0.3, 0.4) is 0 Å². The van der Waals surface area contributed by atoms with Crippen LogP contribution in [0.5, 0.6) is 0 Å². The molecule has 0 saturated carbocycles. The second kappa shape index (κ2) is 10.5. The molecule has 0 saturated heterocycles. The summed E-state index contributed by atoms with van der Waals surface area (Å²) in [5.74, 6) is -0.481. The molecule has 0 spiro atoms. The average molecular weight is 224 g/mol. The van der Waals surface area contributed by atoms with Crippen molar-refractivity contribution in [1.29, 1.82) is 0 Å². The van der Waals surface area contributed by atoms with Gasteiger partial charge in [0.15, 0.2) is 0 Å². The number of halogens is 1. The second-order valence-corrected chi connectivity index (χ2v) is 3.45. The number of quaternary nitrogens is 1. The van der Waals surface area contributed by atoms with E-state index in [2.05, 4.69) is 33.3 Å². The molecule has 4 N–H and O–H groups in total. The number of amides is 1. The van der Waals surface area contributed by atoms with E-state index in [1.165, 1.54) is 13.0 Å². The summed E-state index contributed by atoms with van der Waals surface area (Å²) in [6.45, 7) is 7.18. The summed E-state index contributed by atoms with van der Waals surface area (Å²) >= 11 is 0. The van der Waals surface area contributed by atoms with Gasteiger partial charge < -0.3 is 22.6 Å². The Morgan fingerprint density at radius 2 is 1.86 bits per heavy atom. The minimum absolute atomic E-state index is 0. The van der Waals surface area contributed by atoms with Gasteiger partial charge >= 0.3 is 0 Å². The van der Waals surface area contributed by atoms with Crippen LogP contribution >= 0.6 is 0 Å². The Hall–Kier alpha value is -0.580. The summed E-state index contributed by atoms with van der Waals surface area (Å²) in [5.41, 5.74) is 10.00. The van der Waals surface area contributed by atoms with Crippen molar-refractivity contribution in [3.8, 4) is 0 Å². The monoisotopic (exact) mass is 223 g/mol. The highest BCUT2D eigenvalue weighted by molar-refractivity contribution is 5.84. The molecule has 0 fully saturated rings. The molecule has 0 aromatic heterocycles. The zero-order valence-corrected chi connectivity index (χ0v) is 10.0. The summed E-state index contributed by atoms with van der Waals surface area (Å²) < 4.78 is 0.941. The number of rotatable bonds is 4. The Balaban J connectivity index is -0.000000177. The number of carbonyl (C=O) groups excluding carboxylic acids is 1. The third-order valence-electron chi connectivity index (χ3n) is 1.52. The standard InChI is InChI=1S/C6H17N2.C3H5NO.ClH/c1-4-5-8(2,3)6-7;1-2-3(4)5;/h4-7H2,1-3H3;2H,1H2,(H2,4,5);1H/q+1;;/p-1. The first-order valence-electron chi connectivity index (χ1n) is 4.33. The van der Waals surface area contributed by atoms with Crippen molar-refractivity contribution in [3.63, 3.8) is 0 Å². The van der Waals surface area contributed by atoms with E-state index in [-0.39, 0.29) is 12.4 Å². The Kier molecular flexibility index (Phi) is 14.3. The third-order valence-corrected chi connectivity index (χ3v) is 1.52. The summed E-state index contributed by atoms with van der Waals surface area (Å²) in [6.07, 6.45) is 2.27. The Morgan fingerprint density at radius 3 is 1.93 bits per heavy atom. The smallest absolute Gasteiger partial charge is 0.240 e. The fourth-order valence-electron chi connectivity index (χ4n) is 0.697. The van der Waals surface area contributed by atoms with Crippen LogP contribution in [0, 0.1) is 0 Å². The lowest BCUT2D eigenvalue weighted by Crippen LogP contribution is -3.00. The summed E-state index contributed by atoms with van der Waals surface area (Å²) in [5, 5.41) is 0. The highest BCUT2D eigenvalue weighted by Crippen LogP contribution is 1.93. The molecule has 0 aliphatic rings. The zero-order valence-electron chi connectivity index (χ0n) is 9.29. The molecule has 0 radical (unpaired) electrons. The van der Waals surface area contributed by atoms with Crippen LogP contribution in [-0.4, -0.2) is 37.7 Å². The summed E-state index contributed by atoms with van der Waals surface area (Å²) in [6, 6.07) is 0. The molecule has 1 amide bonds. The third kappa shape index (κ3) is 17.5. The number of hydrogen-bond acceptors (Lipinski definition) is 2. The maximum absolute atomic E-state index is 9.47. The molecular weight excluding hydrogens is 202 g/mol. The van der Waals surface area contributed by atoms with Crippen LogP contribution in [0.15, 0.2) is 12.7 Å². The number of nitrogens with two attached hydrogens (primary N) is 2. The average Bonchev–Trinajstić information content (AvgIpc) is 2.05. The predicted octanol–water partition coefficient (Wildman–Crippen LogP) is -2.95. The fraction of sp³-hybridized carbons (Fsp3) is 0.667. The molecule has 0 aliphatic carbocycles. The lowest BCUT2D eigenvalue weighted by atomic mass is 10.4. The predicted molar refractivity (Wildman–Crippen MR) is 55.7 cm³/mol. The van der Waals surface area contributed by atoms with E-state index in [9.17, 15) is 4.79 Å². The van der Waals surface area contributed by atoms with Gasteiger partial charge in [-0.2, -0.15) is 0 Å². The first-order valence-corrected chi connectivity index (χ1v) is 4.33. The van der Waals surface area contributed by atoms with Crippen molar-refractivity contribution in [1.82, 2.24) is 0 Å². The van der Waals surface area contributed by atoms with Gasteiger partial charge in [-0.15, -0.1) is 0 Å². The van der Waals surface area contributed by atoms with Gasteiger partial charge in [-0.3, -0.25) is 10.5 Å². The molecule has 86 valence electrons. The quantitative estimate of drug-likeness (QED) is 0.304. The normalized spacial score (nSPS) is 9.14. The van der Waals surface area contributed by atoms with Crippen LogP contribution in [0.2, 0.25) is 0 Å². The molecule has 0 bridgehead atoms. The van der Waals surface area contributed by atoms with Crippen LogP contribution < -0.4 is 23.9 Å². The molecule has 14 heavy (non-hydrogen) atoms. The van der Waals surface area contributed by atoms with E-state index in [1.807, 2.05) is 0 Å². The topological polar surface area (TPSA) is 69.1 Å². The van der Waals surface area contributed by atoms with Crippen molar-refractivity contribution < 1.29 is 21.7 Å². The van der Waals surface area contributed by atoms with Crippen molar-refractivity contribution in [2.45, 2.75) is 13.3 Å². The summed E-state index contributed by atoms with van der Waals surface area (Å²) in [4.78, 5) is 9.47. The molecule has 0 aliphatic heterocycles. The first kappa shape index (κ1) is 19.1. The Bertz CT molecular complexity index is 160. The van der Waals surface area contributed by atoms with Crippen molar-refractivity contribution >= 4 is 5.91 Å². The summed E-state index contributed by atoms with van der Waals surface area (Å²) in [7, 11) is 4.28. The first-order chi connectivity index (χ1) is 5.89. The SMILES string of the molecule is C=CC(N)=O.CCC[N+](C)(C)CN.[Cl-]. The highest BCUT2D eigenvalue weighted by atomic mass is 35.5. The Labute approximate surface area is 92.9 Å². The van der Waals surface area contributed by atoms with E-state index in [4.69, 9.17) is 5.73 Å². The molecule has 0 rings (SSSR count). The van der Waals surface area contributed by atoms with Crippen LogP contribution in [0.4, 0.5) is 0 Å². The highest BCUT2D eigenvalue weighted by Gasteiger charge is 2.07.